The Bertz CT molecular complexity index is 201. The van der Waals surface area contributed by atoms with Gasteiger partial charge in [0.2, 0.25) is 6.29 Å². The Morgan fingerprint density at radius 2 is 2.06 bits per heavy atom. The Balaban J connectivity index is 2.00. The quantitative estimate of drug-likeness (QED) is 0.564. The third kappa shape index (κ3) is 5.40. The van der Waals surface area contributed by atoms with Gasteiger partial charge in [-0.3, -0.25) is 0 Å². The third-order valence-corrected chi connectivity index (χ3v) is 2.52. The van der Waals surface area contributed by atoms with E-state index in [0.717, 1.165) is 25.2 Å². The topological polar surface area (TPSA) is 27.7 Å². The molecule has 3 heteroatoms. The van der Waals surface area contributed by atoms with E-state index in [4.69, 9.17) is 14.2 Å². The molecule has 0 saturated heterocycles. The Labute approximate surface area is 98.8 Å². The zero-order valence-corrected chi connectivity index (χ0v) is 10.5. The third-order valence-electron chi connectivity index (χ3n) is 2.52. The maximum atomic E-state index is 5.60. The molecule has 0 aromatic rings. The van der Waals surface area contributed by atoms with Crippen LogP contribution in [-0.4, -0.2) is 19.5 Å². The van der Waals surface area contributed by atoms with Crippen molar-refractivity contribution in [2.24, 2.45) is 0 Å². The smallest absolute Gasteiger partial charge is 0.240 e. The van der Waals surface area contributed by atoms with Crippen LogP contribution < -0.4 is 0 Å². The van der Waals surface area contributed by atoms with Crippen molar-refractivity contribution in [3.05, 3.63) is 12.0 Å². The van der Waals surface area contributed by atoms with Crippen LogP contribution in [0.1, 0.15) is 52.4 Å². The molecule has 0 bridgehead atoms. The van der Waals surface area contributed by atoms with Gasteiger partial charge in [-0.1, -0.05) is 33.1 Å². The molecule has 0 radical (unpaired) electrons. The highest BCUT2D eigenvalue weighted by molar-refractivity contribution is 4.92. The molecule has 1 aliphatic heterocycles. The molecule has 1 rings (SSSR count). The van der Waals surface area contributed by atoms with Crippen LogP contribution >= 0.6 is 0 Å². The van der Waals surface area contributed by atoms with Gasteiger partial charge >= 0.3 is 0 Å². The predicted octanol–water partition coefficient (Wildman–Crippen LogP) is 3.60. The summed E-state index contributed by atoms with van der Waals surface area (Å²) in [5.74, 6) is 0.828. The zero-order chi connectivity index (χ0) is 11.6. The summed E-state index contributed by atoms with van der Waals surface area (Å²) in [6.45, 7) is 5.63. The minimum atomic E-state index is -0.0721. The summed E-state index contributed by atoms with van der Waals surface area (Å²) >= 11 is 0. The van der Waals surface area contributed by atoms with Gasteiger partial charge in [0.1, 0.15) is 12.9 Å². The van der Waals surface area contributed by atoms with E-state index in [2.05, 4.69) is 13.8 Å². The first-order chi connectivity index (χ1) is 7.86. The van der Waals surface area contributed by atoms with E-state index >= 15 is 0 Å². The molecular formula is C13H24O3. The zero-order valence-electron chi connectivity index (χ0n) is 10.5. The van der Waals surface area contributed by atoms with E-state index in [0.29, 0.717) is 6.61 Å². The van der Waals surface area contributed by atoms with Crippen LogP contribution in [0.2, 0.25) is 0 Å². The predicted molar refractivity (Wildman–Crippen MR) is 63.9 cm³/mol. The molecule has 3 nitrogen and oxygen atoms in total. The van der Waals surface area contributed by atoms with Crippen molar-refractivity contribution >= 4 is 0 Å². The molecule has 0 saturated carbocycles. The van der Waals surface area contributed by atoms with Crippen LogP contribution in [0.25, 0.3) is 0 Å². The lowest BCUT2D eigenvalue weighted by molar-refractivity contribution is -0.0469. The highest BCUT2D eigenvalue weighted by atomic mass is 16.7. The summed E-state index contributed by atoms with van der Waals surface area (Å²) in [6.07, 6.45) is 8.64. The second-order valence-corrected chi connectivity index (χ2v) is 4.17. The van der Waals surface area contributed by atoms with Gasteiger partial charge in [-0.05, 0) is 12.8 Å². The van der Waals surface area contributed by atoms with Crippen molar-refractivity contribution in [3.8, 4) is 0 Å². The largest absolute Gasteiger partial charge is 0.459 e. The van der Waals surface area contributed by atoms with Crippen molar-refractivity contribution in [3.63, 3.8) is 0 Å². The Morgan fingerprint density at radius 1 is 1.19 bits per heavy atom. The van der Waals surface area contributed by atoms with E-state index in [-0.39, 0.29) is 6.29 Å². The second kappa shape index (κ2) is 8.45. The van der Waals surface area contributed by atoms with Crippen molar-refractivity contribution in [1.82, 2.24) is 0 Å². The first kappa shape index (κ1) is 13.4. The lowest BCUT2D eigenvalue weighted by atomic mass is 10.1. The van der Waals surface area contributed by atoms with Gasteiger partial charge in [0, 0.05) is 13.0 Å². The molecule has 0 amide bonds. The molecule has 16 heavy (non-hydrogen) atoms. The van der Waals surface area contributed by atoms with Crippen molar-refractivity contribution in [2.45, 2.75) is 58.7 Å². The number of unbranched alkanes of at least 4 members (excludes halogenated alkanes) is 3. The average Bonchev–Trinajstić information content (AvgIpc) is 2.73. The first-order valence-electron chi connectivity index (χ1n) is 6.45. The van der Waals surface area contributed by atoms with E-state index in [9.17, 15) is 0 Å². The number of hydrogen-bond acceptors (Lipinski definition) is 3. The Morgan fingerprint density at radius 3 is 2.81 bits per heavy atom. The summed E-state index contributed by atoms with van der Waals surface area (Å²) in [4.78, 5) is 0. The van der Waals surface area contributed by atoms with Gasteiger partial charge < -0.3 is 14.2 Å². The maximum absolute atomic E-state index is 5.60. The van der Waals surface area contributed by atoms with Crippen LogP contribution in [-0.2, 0) is 14.2 Å². The fourth-order valence-corrected chi connectivity index (χ4v) is 1.63. The molecular weight excluding hydrogens is 204 g/mol. The van der Waals surface area contributed by atoms with E-state index < -0.39 is 0 Å². The fourth-order valence-electron chi connectivity index (χ4n) is 1.63. The van der Waals surface area contributed by atoms with Gasteiger partial charge in [0.15, 0.2) is 5.76 Å². The molecule has 1 atom stereocenters. The van der Waals surface area contributed by atoms with Gasteiger partial charge in [0.05, 0.1) is 0 Å². The van der Waals surface area contributed by atoms with Gasteiger partial charge in [0.25, 0.3) is 0 Å². The van der Waals surface area contributed by atoms with Crippen molar-refractivity contribution in [2.75, 3.05) is 13.2 Å². The molecule has 1 unspecified atom stereocenters. The Hall–Kier alpha value is -0.700. The number of rotatable bonds is 9. The SMILES string of the molecule is CCCCCCC1OC=C(COCCC)O1. The standard InChI is InChI=1S/C13H24O3/c1-3-5-6-7-8-13-15-11-12(16-13)10-14-9-4-2/h11,13H,3-10H2,1-2H3. The fraction of sp³-hybridized carbons (Fsp3) is 0.846. The molecule has 0 aromatic carbocycles. The lowest BCUT2D eigenvalue weighted by Crippen LogP contribution is -2.09. The van der Waals surface area contributed by atoms with Gasteiger partial charge in [-0.2, -0.15) is 0 Å². The second-order valence-electron chi connectivity index (χ2n) is 4.17. The molecule has 0 aliphatic carbocycles. The number of ether oxygens (including phenoxy) is 3. The molecule has 1 aliphatic rings. The molecule has 1 heterocycles. The van der Waals surface area contributed by atoms with Crippen molar-refractivity contribution < 1.29 is 14.2 Å². The monoisotopic (exact) mass is 228 g/mol. The van der Waals surface area contributed by atoms with Crippen LogP contribution in [0, 0.1) is 0 Å². The van der Waals surface area contributed by atoms with Gasteiger partial charge in [-0.25, -0.2) is 0 Å². The van der Waals surface area contributed by atoms with Crippen LogP contribution in [0.3, 0.4) is 0 Å². The molecule has 94 valence electrons. The minimum absolute atomic E-state index is 0.0721. The molecule has 0 spiro atoms. The molecule has 0 fully saturated rings. The van der Waals surface area contributed by atoms with Crippen LogP contribution in [0.5, 0.6) is 0 Å². The van der Waals surface area contributed by atoms with E-state index in [1.807, 2.05) is 0 Å². The van der Waals surface area contributed by atoms with Gasteiger partial charge in [-0.15, -0.1) is 0 Å². The normalized spacial score (nSPS) is 19.1. The summed E-state index contributed by atoms with van der Waals surface area (Å²) in [5, 5.41) is 0. The van der Waals surface area contributed by atoms with Crippen LogP contribution in [0.15, 0.2) is 12.0 Å². The summed E-state index contributed by atoms with van der Waals surface area (Å²) < 4.78 is 16.4. The maximum Gasteiger partial charge on any atom is 0.240 e. The molecule has 0 aromatic heterocycles. The first-order valence-corrected chi connectivity index (χ1v) is 6.45. The average molecular weight is 228 g/mol. The highest BCUT2D eigenvalue weighted by Crippen LogP contribution is 2.19. The van der Waals surface area contributed by atoms with E-state index in [1.54, 1.807) is 6.26 Å². The summed E-state index contributed by atoms with van der Waals surface area (Å²) in [6, 6.07) is 0. The highest BCUT2D eigenvalue weighted by Gasteiger charge is 2.18. The summed E-state index contributed by atoms with van der Waals surface area (Å²) in [7, 11) is 0. The van der Waals surface area contributed by atoms with Crippen molar-refractivity contribution in [1.29, 1.82) is 0 Å². The lowest BCUT2D eigenvalue weighted by Gasteiger charge is -2.11. The van der Waals surface area contributed by atoms with Crippen LogP contribution in [0.4, 0.5) is 0 Å². The summed E-state index contributed by atoms with van der Waals surface area (Å²) in [5.41, 5.74) is 0. The Kier molecular flexibility index (Phi) is 7.06. The van der Waals surface area contributed by atoms with E-state index in [1.165, 1.54) is 25.7 Å². The number of hydrogen-bond donors (Lipinski definition) is 0. The minimum Gasteiger partial charge on any atom is -0.459 e. The molecule has 0 N–H and O–H groups in total.